The van der Waals surface area contributed by atoms with Crippen molar-refractivity contribution in [3.8, 4) is 0 Å². The first-order chi connectivity index (χ1) is 12.5. The van der Waals surface area contributed by atoms with Crippen LogP contribution in [0.2, 0.25) is 0 Å². The number of aryl methyl sites for hydroxylation is 1. The summed E-state index contributed by atoms with van der Waals surface area (Å²) in [5.41, 5.74) is 3.06. The molecular formula is C19H18N4O3. The molecule has 3 heterocycles. The maximum Gasteiger partial charge on any atom is 0.335 e. The highest BCUT2D eigenvalue weighted by Gasteiger charge is 2.31. The van der Waals surface area contributed by atoms with E-state index in [1.807, 2.05) is 25.3 Å². The summed E-state index contributed by atoms with van der Waals surface area (Å²) in [5.74, 6) is -1.04. The number of fused-ring (bicyclic) bond motifs is 1. The average Bonchev–Trinajstić information content (AvgIpc) is 3.28. The Morgan fingerprint density at radius 1 is 1.19 bits per heavy atom. The second-order valence-electron chi connectivity index (χ2n) is 6.59. The average molecular weight is 350 g/mol. The molecule has 4 rings (SSSR count). The first-order valence-corrected chi connectivity index (χ1v) is 8.46. The lowest BCUT2D eigenvalue weighted by Gasteiger charge is -2.17. The van der Waals surface area contributed by atoms with Crippen LogP contribution in [-0.4, -0.2) is 49.6 Å². The lowest BCUT2D eigenvalue weighted by atomic mass is 9.93. The molecule has 7 heteroatoms. The van der Waals surface area contributed by atoms with Gasteiger partial charge < -0.3 is 10.0 Å². The van der Waals surface area contributed by atoms with Crippen molar-refractivity contribution in [3.63, 3.8) is 0 Å². The molecule has 0 spiro atoms. The van der Waals surface area contributed by atoms with E-state index in [0.717, 1.165) is 17.5 Å². The molecule has 1 N–H and O–H groups in total. The van der Waals surface area contributed by atoms with Crippen LogP contribution in [0.1, 0.15) is 44.2 Å². The van der Waals surface area contributed by atoms with E-state index in [9.17, 15) is 14.7 Å². The fourth-order valence-electron chi connectivity index (χ4n) is 3.54. The third-order valence-electron chi connectivity index (χ3n) is 4.82. The lowest BCUT2D eigenvalue weighted by Crippen LogP contribution is -2.28. The van der Waals surface area contributed by atoms with Gasteiger partial charge in [0.15, 0.2) is 5.65 Å². The van der Waals surface area contributed by atoms with Crippen LogP contribution in [0, 0.1) is 6.92 Å². The zero-order valence-corrected chi connectivity index (χ0v) is 14.3. The molecule has 0 unspecified atom stereocenters. The van der Waals surface area contributed by atoms with Gasteiger partial charge in [-0.1, -0.05) is 18.2 Å². The first kappa shape index (κ1) is 16.3. The highest BCUT2D eigenvalue weighted by Crippen LogP contribution is 2.30. The summed E-state index contributed by atoms with van der Waals surface area (Å²) in [7, 11) is 0. The molecule has 3 aromatic rings. The summed E-state index contributed by atoms with van der Waals surface area (Å²) < 4.78 is 1.61. The summed E-state index contributed by atoms with van der Waals surface area (Å²) in [6.45, 7) is 2.99. The standard InChI is InChI=1S/C19H18N4O3/c1-12-8-20-17-16(9-21-23(17)10-12)18(24)22-7-6-13(11-22)14-4-2-3-5-15(14)19(25)26/h2-5,8-10,13H,6-7,11H2,1H3,(H,25,26)/t13-/m1/s1. The molecule has 1 aliphatic heterocycles. The highest BCUT2D eigenvalue weighted by atomic mass is 16.4. The summed E-state index contributed by atoms with van der Waals surface area (Å²) in [4.78, 5) is 30.4. The maximum absolute atomic E-state index is 12.9. The Kier molecular flexibility index (Phi) is 3.91. The van der Waals surface area contributed by atoms with Gasteiger partial charge in [0.25, 0.3) is 5.91 Å². The monoisotopic (exact) mass is 350 g/mol. The molecule has 7 nitrogen and oxygen atoms in total. The fourth-order valence-corrected chi connectivity index (χ4v) is 3.54. The zero-order valence-electron chi connectivity index (χ0n) is 14.3. The van der Waals surface area contributed by atoms with Gasteiger partial charge in [0.2, 0.25) is 0 Å². The quantitative estimate of drug-likeness (QED) is 0.783. The molecule has 0 radical (unpaired) electrons. The number of likely N-dealkylation sites (tertiary alicyclic amines) is 1. The number of rotatable bonds is 3. The smallest absolute Gasteiger partial charge is 0.335 e. The van der Waals surface area contributed by atoms with E-state index in [0.29, 0.717) is 29.9 Å². The molecular weight excluding hydrogens is 332 g/mol. The van der Waals surface area contributed by atoms with Crippen molar-refractivity contribution in [1.29, 1.82) is 0 Å². The number of hydrogen-bond acceptors (Lipinski definition) is 4. The van der Waals surface area contributed by atoms with Gasteiger partial charge in [-0.2, -0.15) is 5.10 Å². The Morgan fingerprint density at radius 2 is 2.00 bits per heavy atom. The Labute approximate surface area is 149 Å². The number of aromatic carboxylic acids is 1. The molecule has 132 valence electrons. The van der Waals surface area contributed by atoms with E-state index in [-0.39, 0.29) is 11.8 Å². The van der Waals surface area contributed by atoms with Crippen LogP contribution in [-0.2, 0) is 0 Å². The van der Waals surface area contributed by atoms with Gasteiger partial charge in [-0.3, -0.25) is 4.79 Å². The van der Waals surface area contributed by atoms with Crippen molar-refractivity contribution in [1.82, 2.24) is 19.5 Å². The first-order valence-electron chi connectivity index (χ1n) is 8.46. The van der Waals surface area contributed by atoms with Gasteiger partial charge in [0, 0.05) is 31.4 Å². The molecule has 26 heavy (non-hydrogen) atoms. The second kappa shape index (κ2) is 6.25. The van der Waals surface area contributed by atoms with Crippen molar-refractivity contribution in [2.24, 2.45) is 0 Å². The SMILES string of the molecule is Cc1cnc2c(C(=O)N3CC[C@@H](c4ccccc4C(=O)O)C3)cnn2c1. The van der Waals surface area contributed by atoms with E-state index < -0.39 is 5.97 Å². The Hall–Kier alpha value is -3.22. The normalized spacial score (nSPS) is 17.0. The topological polar surface area (TPSA) is 87.8 Å². The molecule has 1 saturated heterocycles. The summed E-state index contributed by atoms with van der Waals surface area (Å²) in [5, 5.41) is 13.6. The number of amides is 1. The van der Waals surface area contributed by atoms with Gasteiger partial charge in [-0.05, 0) is 30.5 Å². The molecule has 0 bridgehead atoms. The van der Waals surface area contributed by atoms with Crippen LogP contribution in [0.25, 0.3) is 5.65 Å². The van der Waals surface area contributed by atoms with E-state index in [1.54, 1.807) is 33.9 Å². The third-order valence-corrected chi connectivity index (χ3v) is 4.82. The predicted molar refractivity (Wildman–Crippen MR) is 94.4 cm³/mol. The number of carboxylic acids is 1. The zero-order chi connectivity index (χ0) is 18.3. The molecule has 1 aliphatic rings. The van der Waals surface area contributed by atoms with Gasteiger partial charge in [0.05, 0.1) is 11.8 Å². The summed E-state index contributed by atoms with van der Waals surface area (Å²) >= 11 is 0. The number of hydrogen-bond donors (Lipinski definition) is 1. The van der Waals surface area contributed by atoms with Crippen LogP contribution in [0.3, 0.4) is 0 Å². The van der Waals surface area contributed by atoms with Crippen molar-refractivity contribution < 1.29 is 14.7 Å². The Balaban J connectivity index is 1.59. The minimum Gasteiger partial charge on any atom is -0.478 e. The maximum atomic E-state index is 12.9. The van der Waals surface area contributed by atoms with Crippen LogP contribution in [0.5, 0.6) is 0 Å². The van der Waals surface area contributed by atoms with Gasteiger partial charge >= 0.3 is 5.97 Å². The second-order valence-corrected chi connectivity index (χ2v) is 6.59. The van der Waals surface area contributed by atoms with Gasteiger partial charge in [0.1, 0.15) is 5.56 Å². The Bertz CT molecular complexity index is 1010. The van der Waals surface area contributed by atoms with E-state index in [4.69, 9.17) is 0 Å². The highest BCUT2D eigenvalue weighted by molar-refractivity contribution is 5.99. The van der Waals surface area contributed by atoms with Crippen molar-refractivity contribution in [2.45, 2.75) is 19.3 Å². The number of carbonyl (C=O) groups excluding carboxylic acids is 1. The number of benzene rings is 1. The Morgan fingerprint density at radius 3 is 2.81 bits per heavy atom. The molecule has 1 aromatic carbocycles. The van der Waals surface area contributed by atoms with Crippen molar-refractivity contribution in [3.05, 3.63) is 65.1 Å². The number of aromatic nitrogens is 3. The molecule has 1 fully saturated rings. The minimum absolute atomic E-state index is 0.0169. The molecule has 1 amide bonds. The largest absolute Gasteiger partial charge is 0.478 e. The third kappa shape index (κ3) is 2.71. The van der Waals surface area contributed by atoms with E-state index >= 15 is 0 Å². The lowest BCUT2D eigenvalue weighted by molar-refractivity contribution is 0.0695. The number of carboxylic acid groups (broad SMARTS) is 1. The number of carbonyl (C=O) groups is 2. The number of nitrogens with zero attached hydrogens (tertiary/aromatic N) is 4. The summed E-state index contributed by atoms with van der Waals surface area (Å²) in [6.07, 6.45) is 5.82. The van der Waals surface area contributed by atoms with Crippen molar-refractivity contribution >= 4 is 17.5 Å². The van der Waals surface area contributed by atoms with Crippen LogP contribution in [0.4, 0.5) is 0 Å². The van der Waals surface area contributed by atoms with E-state index in [1.165, 1.54) is 0 Å². The van der Waals surface area contributed by atoms with Crippen LogP contribution < -0.4 is 0 Å². The predicted octanol–water partition coefficient (Wildman–Crippen LogP) is 2.37. The molecule has 0 aliphatic carbocycles. The van der Waals surface area contributed by atoms with Crippen LogP contribution in [0.15, 0.2) is 42.9 Å². The summed E-state index contributed by atoms with van der Waals surface area (Å²) in [6, 6.07) is 7.00. The minimum atomic E-state index is -0.937. The fraction of sp³-hybridized carbons (Fsp3) is 0.263. The van der Waals surface area contributed by atoms with Gasteiger partial charge in [-0.15, -0.1) is 0 Å². The molecule has 1 atom stereocenters. The van der Waals surface area contributed by atoms with E-state index in [2.05, 4.69) is 10.1 Å². The molecule has 2 aromatic heterocycles. The molecule has 0 saturated carbocycles. The van der Waals surface area contributed by atoms with Crippen LogP contribution >= 0.6 is 0 Å². The van der Waals surface area contributed by atoms with Crippen molar-refractivity contribution in [2.75, 3.05) is 13.1 Å². The van der Waals surface area contributed by atoms with Gasteiger partial charge in [-0.25, -0.2) is 14.3 Å².